The molecule has 3 heterocycles. The number of fused-ring (bicyclic) bond motifs is 1. The molecule has 144 valence electrons. The van der Waals surface area contributed by atoms with Crippen molar-refractivity contribution in [2.45, 2.75) is 30.7 Å². The van der Waals surface area contributed by atoms with Crippen LogP contribution in [0.25, 0.3) is 0 Å². The second kappa shape index (κ2) is 7.31. The summed E-state index contributed by atoms with van der Waals surface area (Å²) in [5, 5.41) is 3.43. The lowest BCUT2D eigenvalue weighted by atomic mass is 10.2. The molecule has 4 rings (SSSR count). The summed E-state index contributed by atoms with van der Waals surface area (Å²) in [6.07, 6.45) is 2.68. The fraction of sp³-hybridized carbons (Fsp3) is 0.444. The van der Waals surface area contributed by atoms with Gasteiger partial charge in [0.15, 0.2) is 5.13 Å². The molecule has 1 amide bonds. The number of benzene rings is 1. The van der Waals surface area contributed by atoms with Gasteiger partial charge in [-0.25, -0.2) is 13.4 Å². The van der Waals surface area contributed by atoms with Crippen molar-refractivity contribution in [3.8, 4) is 0 Å². The van der Waals surface area contributed by atoms with Gasteiger partial charge in [-0.3, -0.25) is 10.1 Å². The van der Waals surface area contributed by atoms with Crippen LogP contribution in [0.4, 0.5) is 5.13 Å². The van der Waals surface area contributed by atoms with E-state index in [1.807, 2.05) is 0 Å². The van der Waals surface area contributed by atoms with Gasteiger partial charge in [0.1, 0.15) is 0 Å². The van der Waals surface area contributed by atoms with E-state index in [4.69, 9.17) is 0 Å². The Balaban J connectivity index is 1.47. The number of likely N-dealkylation sites (N-methyl/N-ethyl adjacent to an activating group) is 1. The topological polar surface area (TPSA) is 82.6 Å². The van der Waals surface area contributed by atoms with Gasteiger partial charge in [0, 0.05) is 43.0 Å². The zero-order chi connectivity index (χ0) is 19.0. The molecule has 1 N–H and O–H groups in total. The molecule has 1 aromatic heterocycles. The predicted octanol–water partition coefficient (Wildman–Crippen LogP) is 2.17. The number of nitrogens with zero attached hydrogens (tertiary/aromatic N) is 3. The van der Waals surface area contributed by atoms with E-state index in [2.05, 4.69) is 22.2 Å². The molecule has 0 saturated carbocycles. The molecule has 0 aliphatic carbocycles. The first kappa shape index (κ1) is 18.5. The van der Waals surface area contributed by atoms with Gasteiger partial charge in [0.25, 0.3) is 5.91 Å². The minimum atomic E-state index is -3.46. The fourth-order valence-corrected chi connectivity index (χ4v) is 6.00. The maximum Gasteiger partial charge on any atom is 0.257 e. The highest BCUT2D eigenvalue weighted by atomic mass is 32.2. The second-order valence-electron chi connectivity index (χ2n) is 6.97. The first-order valence-electron chi connectivity index (χ1n) is 9.02. The van der Waals surface area contributed by atoms with E-state index in [1.165, 1.54) is 32.7 Å². The van der Waals surface area contributed by atoms with Crippen LogP contribution in [-0.4, -0.2) is 55.2 Å². The molecule has 7 nitrogen and oxygen atoms in total. The average Bonchev–Trinajstić information content (AvgIpc) is 3.31. The number of aromatic nitrogens is 1. The third-order valence-corrected chi connectivity index (χ3v) is 7.87. The van der Waals surface area contributed by atoms with E-state index < -0.39 is 10.0 Å². The van der Waals surface area contributed by atoms with Crippen molar-refractivity contribution >= 4 is 32.4 Å². The first-order valence-corrected chi connectivity index (χ1v) is 11.3. The number of amides is 1. The van der Waals surface area contributed by atoms with Crippen LogP contribution in [0.5, 0.6) is 0 Å². The SMILES string of the molecule is CN1CCc2nc(NC(=O)c3ccc(S(=O)(=O)N4CCCC4)cc3)sc2C1. The van der Waals surface area contributed by atoms with Crippen molar-refractivity contribution in [2.24, 2.45) is 0 Å². The van der Waals surface area contributed by atoms with Crippen molar-refractivity contribution < 1.29 is 13.2 Å². The minimum Gasteiger partial charge on any atom is -0.301 e. The summed E-state index contributed by atoms with van der Waals surface area (Å²) in [6, 6.07) is 6.12. The Morgan fingerprint density at radius 1 is 1.15 bits per heavy atom. The summed E-state index contributed by atoms with van der Waals surface area (Å²) in [4.78, 5) is 20.7. The van der Waals surface area contributed by atoms with E-state index in [0.29, 0.717) is 23.8 Å². The largest absolute Gasteiger partial charge is 0.301 e. The van der Waals surface area contributed by atoms with E-state index in [9.17, 15) is 13.2 Å². The molecular weight excluding hydrogens is 384 g/mol. The molecule has 27 heavy (non-hydrogen) atoms. The van der Waals surface area contributed by atoms with E-state index in [1.54, 1.807) is 12.1 Å². The molecule has 2 aliphatic rings. The minimum absolute atomic E-state index is 0.230. The van der Waals surface area contributed by atoms with Crippen molar-refractivity contribution in [2.75, 3.05) is 32.0 Å². The molecule has 0 atom stereocenters. The zero-order valence-electron chi connectivity index (χ0n) is 15.1. The van der Waals surface area contributed by atoms with Crippen LogP contribution in [0.1, 0.15) is 33.8 Å². The highest BCUT2D eigenvalue weighted by molar-refractivity contribution is 7.89. The molecule has 0 bridgehead atoms. The number of thiazole rings is 1. The summed E-state index contributed by atoms with van der Waals surface area (Å²) in [5.74, 6) is -0.278. The van der Waals surface area contributed by atoms with Crippen molar-refractivity contribution in [3.63, 3.8) is 0 Å². The monoisotopic (exact) mass is 406 g/mol. The molecule has 2 aliphatic heterocycles. The van der Waals surface area contributed by atoms with Crippen LogP contribution < -0.4 is 5.32 Å². The molecule has 1 fully saturated rings. The standard InChI is InChI=1S/C18H22N4O3S2/c1-21-11-8-15-16(12-21)26-18(19-15)20-17(23)13-4-6-14(7-5-13)27(24,25)22-9-2-3-10-22/h4-7H,2-3,8-12H2,1H3,(H,19,20,23). The van der Waals surface area contributed by atoms with Gasteiger partial charge < -0.3 is 4.90 Å². The summed E-state index contributed by atoms with van der Waals surface area (Å²) in [5.41, 5.74) is 1.47. The Morgan fingerprint density at radius 3 is 2.56 bits per heavy atom. The van der Waals surface area contributed by atoms with Gasteiger partial charge in [0.2, 0.25) is 10.0 Å². The Hall–Kier alpha value is -1.81. The average molecular weight is 407 g/mol. The van der Waals surface area contributed by atoms with Crippen LogP contribution in [0.2, 0.25) is 0 Å². The second-order valence-corrected chi connectivity index (χ2v) is 9.99. The van der Waals surface area contributed by atoms with Crippen LogP contribution in [-0.2, 0) is 23.0 Å². The van der Waals surface area contributed by atoms with Crippen LogP contribution in [0.3, 0.4) is 0 Å². The van der Waals surface area contributed by atoms with E-state index >= 15 is 0 Å². The molecule has 0 unspecified atom stereocenters. The molecule has 0 radical (unpaired) electrons. The number of rotatable bonds is 4. The van der Waals surface area contributed by atoms with Gasteiger partial charge in [-0.2, -0.15) is 4.31 Å². The smallest absolute Gasteiger partial charge is 0.257 e. The zero-order valence-corrected chi connectivity index (χ0v) is 16.8. The maximum absolute atomic E-state index is 12.6. The number of carbonyl (C=O) groups excluding carboxylic acids is 1. The van der Waals surface area contributed by atoms with Crippen molar-refractivity contribution in [1.82, 2.24) is 14.2 Å². The number of carbonyl (C=O) groups is 1. The van der Waals surface area contributed by atoms with Crippen LogP contribution >= 0.6 is 11.3 Å². The number of nitrogens with one attached hydrogen (secondary N) is 1. The molecular formula is C18H22N4O3S2. The van der Waals surface area contributed by atoms with Gasteiger partial charge in [-0.1, -0.05) is 0 Å². The van der Waals surface area contributed by atoms with Crippen molar-refractivity contribution in [3.05, 3.63) is 40.4 Å². The summed E-state index contributed by atoms with van der Waals surface area (Å²) in [7, 11) is -1.39. The summed E-state index contributed by atoms with van der Waals surface area (Å²) >= 11 is 1.50. The lowest BCUT2D eigenvalue weighted by Gasteiger charge is -2.20. The lowest BCUT2D eigenvalue weighted by molar-refractivity contribution is 0.102. The van der Waals surface area contributed by atoms with Gasteiger partial charge in [-0.15, -0.1) is 11.3 Å². The number of sulfonamides is 1. The fourth-order valence-electron chi connectivity index (χ4n) is 3.40. The quantitative estimate of drug-likeness (QED) is 0.841. The van der Waals surface area contributed by atoms with Gasteiger partial charge >= 0.3 is 0 Å². The predicted molar refractivity (Wildman–Crippen MR) is 105 cm³/mol. The number of hydrogen-bond donors (Lipinski definition) is 1. The maximum atomic E-state index is 12.6. The van der Waals surface area contributed by atoms with Gasteiger partial charge in [0.05, 0.1) is 10.6 Å². The Morgan fingerprint density at radius 2 is 1.85 bits per heavy atom. The third-order valence-electron chi connectivity index (χ3n) is 4.96. The molecule has 0 spiro atoms. The molecule has 9 heteroatoms. The Kier molecular flexibility index (Phi) is 5.02. The third kappa shape index (κ3) is 3.77. The van der Waals surface area contributed by atoms with E-state index in [-0.39, 0.29) is 10.8 Å². The number of anilines is 1. The van der Waals surface area contributed by atoms with Crippen molar-refractivity contribution in [1.29, 1.82) is 0 Å². The summed E-state index contributed by atoms with van der Waals surface area (Å²) < 4.78 is 26.6. The lowest BCUT2D eigenvalue weighted by Crippen LogP contribution is -2.27. The van der Waals surface area contributed by atoms with Crippen LogP contribution in [0.15, 0.2) is 29.2 Å². The van der Waals surface area contributed by atoms with E-state index in [0.717, 1.165) is 38.0 Å². The molecule has 1 saturated heterocycles. The Labute approximate surface area is 163 Å². The molecule has 2 aromatic rings. The van der Waals surface area contributed by atoms with Crippen LogP contribution in [0, 0.1) is 0 Å². The van der Waals surface area contributed by atoms with Gasteiger partial charge in [-0.05, 0) is 44.2 Å². The number of hydrogen-bond acceptors (Lipinski definition) is 6. The Bertz CT molecular complexity index is 947. The highest BCUT2D eigenvalue weighted by Gasteiger charge is 2.27. The summed E-state index contributed by atoms with van der Waals surface area (Å²) in [6.45, 7) is 2.95. The normalized spacial score (nSPS) is 18.4. The highest BCUT2D eigenvalue weighted by Crippen LogP contribution is 2.28. The molecule has 1 aromatic carbocycles. The first-order chi connectivity index (χ1) is 12.9.